The number of hydrogen-bond donors (Lipinski definition) is 0. The average molecular weight is 165 g/mol. The minimum Gasteiger partial charge on any atom is -0.366 e. The highest BCUT2D eigenvalue weighted by Crippen LogP contribution is 2.22. The van der Waals surface area contributed by atoms with Crippen molar-refractivity contribution in [2.45, 2.75) is 25.7 Å². The lowest BCUT2D eigenvalue weighted by molar-refractivity contribution is 0.264. The first kappa shape index (κ1) is 9.04. The molecule has 1 aliphatic rings. The first-order valence-electron chi connectivity index (χ1n) is 4.34. The van der Waals surface area contributed by atoms with Gasteiger partial charge in [0.1, 0.15) is 6.26 Å². The Morgan fingerprint density at radius 3 is 2.92 bits per heavy atom. The molecule has 1 aliphatic carbocycles. The van der Waals surface area contributed by atoms with Gasteiger partial charge in [-0.1, -0.05) is 24.2 Å². The minimum absolute atomic E-state index is 0.415. The molecule has 1 atom stereocenters. The molecule has 0 heterocycles. The molecule has 0 aromatic heterocycles. The number of oxime groups is 1. The van der Waals surface area contributed by atoms with Crippen LogP contribution in [0, 0.1) is 5.92 Å². The summed E-state index contributed by atoms with van der Waals surface area (Å²) < 4.78 is 0. The lowest BCUT2D eigenvalue weighted by atomic mass is 9.87. The van der Waals surface area contributed by atoms with Gasteiger partial charge < -0.3 is 4.84 Å². The van der Waals surface area contributed by atoms with E-state index in [2.05, 4.69) is 18.3 Å². The summed E-state index contributed by atoms with van der Waals surface area (Å²) in [5.41, 5.74) is 1.11. The summed E-state index contributed by atoms with van der Waals surface area (Å²) in [6.07, 6.45) is 7.97. The van der Waals surface area contributed by atoms with Crippen molar-refractivity contribution in [2.24, 2.45) is 11.1 Å². The minimum atomic E-state index is 0.415. The molecule has 0 radical (unpaired) electrons. The third kappa shape index (κ3) is 2.22. The van der Waals surface area contributed by atoms with E-state index in [1.54, 1.807) is 0 Å². The standard InChI is InChI=1S/C10H15NO/c1-3-9-7-5-6-8-10(9)11-12-4-2/h3-4,9H,1-2,5-8H2/b11-10+. The molecule has 1 saturated carbocycles. The molecule has 0 saturated heterocycles. The molecule has 1 rings (SSSR count). The zero-order chi connectivity index (χ0) is 8.81. The van der Waals surface area contributed by atoms with Crippen LogP contribution in [0.3, 0.4) is 0 Å². The molecule has 0 amide bonds. The zero-order valence-corrected chi connectivity index (χ0v) is 7.33. The van der Waals surface area contributed by atoms with Crippen molar-refractivity contribution < 1.29 is 4.84 Å². The van der Waals surface area contributed by atoms with Gasteiger partial charge in [-0.05, 0) is 19.3 Å². The lowest BCUT2D eigenvalue weighted by Crippen LogP contribution is -2.17. The molecule has 0 aromatic carbocycles. The van der Waals surface area contributed by atoms with Crippen LogP contribution in [0.1, 0.15) is 25.7 Å². The smallest absolute Gasteiger partial charge is 0.114 e. The van der Waals surface area contributed by atoms with Gasteiger partial charge in [0.2, 0.25) is 0 Å². The predicted octanol–water partition coefficient (Wildman–Crippen LogP) is 2.88. The van der Waals surface area contributed by atoms with Crippen LogP contribution in [-0.4, -0.2) is 5.71 Å². The Kier molecular flexibility index (Phi) is 3.58. The van der Waals surface area contributed by atoms with Crippen molar-refractivity contribution >= 4 is 5.71 Å². The summed E-state index contributed by atoms with van der Waals surface area (Å²) in [6.45, 7) is 7.22. The Morgan fingerprint density at radius 2 is 2.25 bits per heavy atom. The Morgan fingerprint density at radius 1 is 1.42 bits per heavy atom. The van der Waals surface area contributed by atoms with Crippen LogP contribution in [0.25, 0.3) is 0 Å². The molecule has 1 fully saturated rings. The van der Waals surface area contributed by atoms with Crippen molar-refractivity contribution in [1.82, 2.24) is 0 Å². The second-order valence-corrected chi connectivity index (χ2v) is 2.94. The summed E-state index contributed by atoms with van der Waals surface area (Å²) >= 11 is 0. The summed E-state index contributed by atoms with van der Waals surface area (Å²) in [6, 6.07) is 0. The number of rotatable bonds is 3. The van der Waals surface area contributed by atoms with E-state index in [1.807, 2.05) is 6.08 Å². The molecular formula is C10H15NO. The SMILES string of the molecule is C=CO/N=C1\CCCCC1C=C. The highest BCUT2D eigenvalue weighted by molar-refractivity contribution is 5.88. The summed E-state index contributed by atoms with van der Waals surface area (Å²) in [7, 11) is 0. The maximum Gasteiger partial charge on any atom is 0.114 e. The fraction of sp³-hybridized carbons (Fsp3) is 0.500. The summed E-state index contributed by atoms with van der Waals surface area (Å²) in [4.78, 5) is 4.81. The van der Waals surface area contributed by atoms with E-state index >= 15 is 0 Å². The summed E-state index contributed by atoms with van der Waals surface area (Å²) in [5.74, 6) is 0.415. The third-order valence-corrected chi connectivity index (χ3v) is 2.16. The molecule has 0 bridgehead atoms. The number of allylic oxidation sites excluding steroid dienone is 1. The van der Waals surface area contributed by atoms with Gasteiger partial charge in [-0.2, -0.15) is 0 Å². The largest absolute Gasteiger partial charge is 0.366 e. The van der Waals surface area contributed by atoms with Crippen LogP contribution in [0.2, 0.25) is 0 Å². The molecule has 12 heavy (non-hydrogen) atoms. The molecule has 2 heteroatoms. The van der Waals surface area contributed by atoms with Gasteiger partial charge in [0.25, 0.3) is 0 Å². The quantitative estimate of drug-likeness (QED) is 0.358. The number of nitrogens with zero attached hydrogens (tertiary/aromatic N) is 1. The predicted molar refractivity (Wildman–Crippen MR) is 50.9 cm³/mol. The molecule has 66 valence electrons. The van der Waals surface area contributed by atoms with E-state index in [1.165, 1.54) is 19.1 Å². The van der Waals surface area contributed by atoms with Gasteiger partial charge >= 0.3 is 0 Å². The highest BCUT2D eigenvalue weighted by Gasteiger charge is 2.17. The fourth-order valence-corrected chi connectivity index (χ4v) is 1.49. The third-order valence-electron chi connectivity index (χ3n) is 2.16. The average Bonchev–Trinajstić information content (AvgIpc) is 2.15. The van der Waals surface area contributed by atoms with Crippen molar-refractivity contribution in [3.05, 3.63) is 25.5 Å². The Hall–Kier alpha value is -1.05. The number of hydrogen-bond acceptors (Lipinski definition) is 2. The summed E-state index contributed by atoms with van der Waals surface area (Å²) in [5, 5.41) is 3.98. The lowest BCUT2D eigenvalue weighted by Gasteiger charge is -2.19. The van der Waals surface area contributed by atoms with Gasteiger partial charge in [-0.15, -0.1) is 6.58 Å². The van der Waals surface area contributed by atoms with Crippen LogP contribution in [0.5, 0.6) is 0 Å². The van der Waals surface area contributed by atoms with Crippen LogP contribution in [0.15, 0.2) is 30.7 Å². The Balaban J connectivity index is 2.57. The first-order chi connectivity index (χ1) is 5.88. The second-order valence-electron chi connectivity index (χ2n) is 2.94. The van der Waals surface area contributed by atoms with Crippen LogP contribution in [0.4, 0.5) is 0 Å². The normalized spacial score (nSPS) is 26.7. The van der Waals surface area contributed by atoms with Crippen LogP contribution in [-0.2, 0) is 4.84 Å². The van der Waals surface area contributed by atoms with E-state index in [4.69, 9.17) is 4.84 Å². The van der Waals surface area contributed by atoms with Crippen molar-refractivity contribution in [1.29, 1.82) is 0 Å². The second kappa shape index (κ2) is 4.75. The molecule has 0 aromatic rings. The van der Waals surface area contributed by atoms with Crippen molar-refractivity contribution in [3.63, 3.8) is 0 Å². The van der Waals surface area contributed by atoms with Crippen molar-refractivity contribution in [3.8, 4) is 0 Å². The van der Waals surface area contributed by atoms with E-state index < -0.39 is 0 Å². The topological polar surface area (TPSA) is 21.6 Å². The van der Waals surface area contributed by atoms with Crippen LogP contribution < -0.4 is 0 Å². The van der Waals surface area contributed by atoms with Gasteiger partial charge in [0.05, 0.1) is 5.71 Å². The van der Waals surface area contributed by atoms with Gasteiger partial charge in [0, 0.05) is 5.92 Å². The van der Waals surface area contributed by atoms with E-state index in [0.29, 0.717) is 5.92 Å². The molecule has 1 unspecified atom stereocenters. The van der Waals surface area contributed by atoms with Crippen molar-refractivity contribution in [2.75, 3.05) is 0 Å². The first-order valence-corrected chi connectivity index (χ1v) is 4.34. The molecule has 2 nitrogen and oxygen atoms in total. The van der Waals surface area contributed by atoms with E-state index in [-0.39, 0.29) is 0 Å². The van der Waals surface area contributed by atoms with E-state index in [0.717, 1.165) is 18.6 Å². The van der Waals surface area contributed by atoms with Gasteiger partial charge in [0.15, 0.2) is 0 Å². The Bertz CT molecular complexity index is 196. The van der Waals surface area contributed by atoms with Gasteiger partial charge in [-0.25, -0.2) is 0 Å². The van der Waals surface area contributed by atoms with E-state index in [9.17, 15) is 0 Å². The molecule has 0 aliphatic heterocycles. The molecular weight excluding hydrogens is 150 g/mol. The molecule has 0 N–H and O–H groups in total. The Labute approximate surface area is 73.6 Å². The van der Waals surface area contributed by atoms with Crippen LogP contribution >= 0.6 is 0 Å². The highest BCUT2D eigenvalue weighted by atomic mass is 16.6. The maximum absolute atomic E-state index is 4.81. The van der Waals surface area contributed by atoms with Gasteiger partial charge in [-0.3, -0.25) is 0 Å². The fourth-order valence-electron chi connectivity index (χ4n) is 1.49. The molecule has 0 spiro atoms. The maximum atomic E-state index is 4.81. The zero-order valence-electron chi connectivity index (χ0n) is 7.33. The monoisotopic (exact) mass is 165 g/mol.